The Hall–Kier alpha value is -1.76. The Morgan fingerprint density at radius 2 is 2.50 bits per heavy atom. The summed E-state index contributed by atoms with van der Waals surface area (Å²) in [5.74, 6) is 3.17. The Bertz CT molecular complexity index is 302. The highest BCUT2D eigenvalue weighted by Crippen LogP contribution is 2.15. The summed E-state index contributed by atoms with van der Waals surface area (Å²) in [5, 5.41) is 0. The lowest BCUT2D eigenvalue weighted by Gasteiger charge is -2.15. The van der Waals surface area contributed by atoms with Crippen LogP contribution >= 0.6 is 0 Å². The van der Waals surface area contributed by atoms with Gasteiger partial charge in [0.1, 0.15) is 6.33 Å². The summed E-state index contributed by atoms with van der Waals surface area (Å²) in [6.45, 7) is 0.487. The molecule has 4 heteroatoms. The van der Waals surface area contributed by atoms with Gasteiger partial charge in [-0.15, -0.1) is 6.42 Å². The van der Waals surface area contributed by atoms with Gasteiger partial charge in [-0.3, -0.25) is 0 Å². The molecule has 0 radical (unpaired) electrons. The normalized spacial score (nSPS) is 9.00. The number of nitrogens with two attached hydrogens (primary N) is 1. The fourth-order valence-corrected chi connectivity index (χ4v) is 0.865. The maximum atomic E-state index is 5.62. The number of anilines is 2. The van der Waals surface area contributed by atoms with Gasteiger partial charge in [0.25, 0.3) is 0 Å². The van der Waals surface area contributed by atoms with Gasteiger partial charge in [-0.2, -0.15) is 0 Å². The summed E-state index contributed by atoms with van der Waals surface area (Å²) in [6, 6.07) is 0. The maximum Gasteiger partial charge on any atom is 0.155 e. The molecule has 1 aromatic heterocycles. The molecule has 0 bridgehead atoms. The van der Waals surface area contributed by atoms with E-state index in [4.69, 9.17) is 12.2 Å². The molecule has 0 saturated heterocycles. The fraction of sp³-hybridized carbons (Fsp3) is 0.250. The number of terminal acetylenes is 1. The van der Waals surface area contributed by atoms with Crippen LogP contribution in [0.3, 0.4) is 0 Å². The van der Waals surface area contributed by atoms with Gasteiger partial charge in [0, 0.05) is 7.05 Å². The molecule has 4 nitrogen and oxygen atoms in total. The van der Waals surface area contributed by atoms with Crippen molar-refractivity contribution in [1.82, 2.24) is 9.97 Å². The van der Waals surface area contributed by atoms with Crippen molar-refractivity contribution in [1.29, 1.82) is 0 Å². The lowest BCUT2D eigenvalue weighted by atomic mass is 10.4. The summed E-state index contributed by atoms with van der Waals surface area (Å²) >= 11 is 0. The van der Waals surface area contributed by atoms with Gasteiger partial charge in [0.05, 0.1) is 18.4 Å². The molecule has 62 valence electrons. The first-order valence-electron chi connectivity index (χ1n) is 3.45. The van der Waals surface area contributed by atoms with E-state index in [9.17, 15) is 0 Å². The van der Waals surface area contributed by atoms with Crippen molar-refractivity contribution in [2.45, 2.75) is 0 Å². The second-order valence-electron chi connectivity index (χ2n) is 2.36. The molecule has 0 aliphatic rings. The number of nitrogen functional groups attached to an aromatic ring is 1. The van der Waals surface area contributed by atoms with E-state index in [0.29, 0.717) is 18.1 Å². The van der Waals surface area contributed by atoms with Crippen LogP contribution in [0.25, 0.3) is 0 Å². The average Bonchev–Trinajstić information content (AvgIpc) is 2.05. The highest BCUT2D eigenvalue weighted by molar-refractivity contribution is 5.60. The van der Waals surface area contributed by atoms with E-state index in [0.717, 1.165) is 0 Å². The number of nitrogens with zero attached hydrogens (tertiary/aromatic N) is 3. The van der Waals surface area contributed by atoms with Gasteiger partial charge in [0.2, 0.25) is 0 Å². The van der Waals surface area contributed by atoms with Crippen molar-refractivity contribution in [2.24, 2.45) is 0 Å². The van der Waals surface area contributed by atoms with Crippen LogP contribution in [-0.4, -0.2) is 23.6 Å². The van der Waals surface area contributed by atoms with Crippen LogP contribution in [-0.2, 0) is 0 Å². The van der Waals surface area contributed by atoms with Gasteiger partial charge in [-0.25, -0.2) is 9.97 Å². The van der Waals surface area contributed by atoms with Crippen molar-refractivity contribution in [2.75, 3.05) is 24.2 Å². The SMILES string of the molecule is C#CCN(C)c1ncncc1N. The number of rotatable bonds is 2. The summed E-state index contributed by atoms with van der Waals surface area (Å²) in [6.07, 6.45) is 8.14. The smallest absolute Gasteiger partial charge is 0.155 e. The lowest BCUT2D eigenvalue weighted by molar-refractivity contribution is 0.992. The Labute approximate surface area is 71.4 Å². The molecule has 0 amide bonds. The molecule has 1 heterocycles. The predicted octanol–water partition coefficient (Wildman–Crippen LogP) is 0.128. The van der Waals surface area contributed by atoms with Crippen molar-refractivity contribution in [3.8, 4) is 12.3 Å². The zero-order valence-corrected chi connectivity index (χ0v) is 6.86. The minimum Gasteiger partial charge on any atom is -0.394 e. The first kappa shape index (κ1) is 8.34. The van der Waals surface area contributed by atoms with Crippen LogP contribution in [0.1, 0.15) is 0 Å². The van der Waals surface area contributed by atoms with Crippen LogP contribution < -0.4 is 10.6 Å². The first-order chi connectivity index (χ1) is 5.75. The first-order valence-corrected chi connectivity index (χ1v) is 3.45. The zero-order chi connectivity index (χ0) is 8.97. The number of hydrogen-bond donors (Lipinski definition) is 1. The second-order valence-corrected chi connectivity index (χ2v) is 2.36. The molecule has 12 heavy (non-hydrogen) atoms. The quantitative estimate of drug-likeness (QED) is 0.628. The molecule has 0 unspecified atom stereocenters. The average molecular weight is 162 g/mol. The molecule has 0 atom stereocenters. The molecule has 1 aromatic rings. The molecule has 1 rings (SSSR count). The molecule has 2 N–H and O–H groups in total. The Balaban J connectivity index is 2.88. The molecule has 0 fully saturated rings. The highest BCUT2D eigenvalue weighted by Gasteiger charge is 2.03. The van der Waals surface area contributed by atoms with Gasteiger partial charge < -0.3 is 10.6 Å². The van der Waals surface area contributed by atoms with Crippen molar-refractivity contribution >= 4 is 11.5 Å². The third kappa shape index (κ3) is 1.64. The summed E-state index contributed by atoms with van der Waals surface area (Å²) in [5.41, 5.74) is 6.15. The third-order valence-electron chi connectivity index (χ3n) is 1.41. The molecule has 0 saturated carbocycles. The molecule has 0 aliphatic heterocycles. The predicted molar refractivity (Wildman–Crippen MR) is 48.5 cm³/mol. The Morgan fingerprint density at radius 3 is 3.08 bits per heavy atom. The lowest BCUT2D eigenvalue weighted by Crippen LogP contribution is -2.19. The fourth-order valence-electron chi connectivity index (χ4n) is 0.865. The van der Waals surface area contributed by atoms with Crippen LogP contribution in [0.5, 0.6) is 0 Å². The van der Waals surface area contributed by atoms with Crippen LogP contribution in [0.4, 0.5) is 11.5 Å². The molecule has 0 aliphatic carbocycles. The van der Waals surface area contributed by atoms with Crippen LogP contribution in [0.15, 0.2) is 12.5 Å². The Morgan fingerprint density at radius 1 is 1.75 bits per heavy atom. The second kappa shape index (κ2) is 3.58. The van der Waals surface area contributed by atoms with E-state index in [1.165, 1.54) is 6.33 Å². The van der Waals surface area contributed by atoms with Gasteiger partial charge >= 0.3 is 0 Å². The maximum absolute atomic E-state index is 5.62. The van der Waals surface area contributed by atoms with Gasteiger partial charge in [0.15, 0.2) is 5.82 Å². The molecule has 0 aromatic carbocycles. The van der Waals surface area contributed by atoms with E-state index in [2.05, 4.69) is 15.9 Å². The van der Waals surface area contributed by atoms with Crippen molar-refractivity contribution in [3.05, 3.63) is 12.5 Å². The van der Waals surface area contributed by atoms with E-state index in [1.807, 2.05) is 7.05 Å². The topological polar surface area (TPSA) is 55.0 Å². The highest BCUT2D eigenvalue weighted by atomic mass is 15.2. The van der Waals surface area contributed by atoms with Crippen molar-refractivity contribution in [3.63, 3.8) is 0 Å². The van der Waals surface area contributed by atoms with Gasteiger partial charge in [-0.05, 0) is 0 Å². The minimum absolute atomic E-state index is 0.487. The number of hydrogen-bond acceptors (Lipinski definition) is 4. The van der Waals surface area contributed by atoms with E-state index in [-0.39, 0.29) is 0 Å². The van der Waals surface area contributed by atoms with Crippen LogP contribution in [0, 0.1) is 12.3 Å². The van der Waals surface area contributed by atoms with Crippen molar-refractivity contribution < 1.29 is 0 Å². The summed E-state index contributed by atoms with van der Waals surface area (Å²) in [4.78, 5) is 9.55. The minimum atomic E-state index is 0.487. The van der Waals surface area contributed by atoms with E-state index >= 15 is 0 Å². The van der Waals surface area contributed by atoms with Crippen LogP contribution in [0.2, 0.25) is 0 Å². The largest absolute Gasteiger partial charge is 0.394 e. The zero-order valence-electron chi connectivity index (χ0n) is 6.86. The third-order valence-corrected chi connectivity index (χ3v) is 1.41. The molecule has 0 spiro atoms. The number of aromatic nitrogens is 2. The van der Waals surface area contributed by atoms with E-state index < -0.39 is 0 Å². The Kier molecular flexibility index (Phi) is 2.49. The molecular formula is C8H10N4. The monoisotopic (exact) mass is 162 g/mol. The van der Waals surface area contributed by atoms with E-state index in [1.54, 1.807) is 11.1 Å². The standard InChI is InChI=1S/C8H10N4/c1-3-4-12(2)8-7(9)5-10-6-11-8/h1,5-6H,4,9H2,2H3. The summed E-state index contributed by atoms with van der Waals surface area (Å²) in [7, 11) is 1.83. The van der Waals surface area contributed by atoms with Gasteiger partial charge in [-0.1, -0.05) is 5.92 Å². The summed E-state index contributed by atoms with van der Waals surface area (Å²) < 4.78 is 0. The molecular weight excluding hydrogens is 152 g/mol.